The highest BCUT2D eigenvalue weighted by Gasteiger charge is 2.44. The van der Waals surface area contributed by atoms with Gasteiger partial charge in [0.15, 0.2) is 6.23 Å². The monoisotopic (exact) mass is 369 g/mol. The maximum atomic E-state index is 10.6. The van der Waals surface area contributed by atoms with Crippen molar-refractivity contribution in [1.29, 1.82) is 5.26 Å². The van der Waals surface area contributed by atoms with Gasteiger partial charge in [-0.3, -0.25) is 0 Å². The Morgan fingerprint density at radius 2 is 2.16 bits per heavy atom. The molecule has 1 aliphatic rings. The van der Waals surface area contributed by atoms with Crippen molar-refractivity contribution < 1.29 is 33.8 Å². The van der Waals surface area contributed by atoms with Crippen LogP contribution < -0.4 is 15.5 Å². The lowest BCUT2D eigenvalue weighted by atomic mass is 10.1. The van der Waals surface area contributed by atoms with Crippen LogP contribution in [0.3, 0.4) is 0 Å². The van der Waals surface area contributed by atoms with E-state index in [0.717, 1.165) is 6.33 Å². The van der Waals surface area contributed by atoms with Crippen LogP contribution in [-0.2, 0) is 13.8 Å². The Hall–Kier alpha value is -2.10. The van der Waals surface area contributed by atoms with Gasteiger partial charge in [0.1, 0.15) is 42.2 Å². The molecule has 0 amide bonds. The first kappa shape index (κ1) is 17.7. The van der Waals surface area contributed by atoms with Crippen molar-refractivity contribution in [1.82, 2.24) is 14.5 Å². The van der Waals surface area contributed by atoms with Crippen LogP contribution in [0.2, 0.25) is 0 Å². The number of nitrogens with two attached hydrogens (primary N) is 1. The first-order valence-corrected chi connectivity index (χ1v) is 8.38. The Balaban J connectivity index is 1.95. The molecule has 12 nitrogen and oxygen atoms in total. The first-order chi connectivity index (χ1) is 11.7. The second-order valence-corrected chi connectivity index (χ2v) is 6.46. The molecule has 2 aromatic rings. The molecule has 25 heavy (non-hydrogen) atoms. The Kier molecular flexibility index (Phi) is 4.48. The molecule has 1 fully saturated rings. The maximum absolute atomic E-state index is 10.6. The summed E-state index contributed by atoms with van der Waals surface area (Å²) in [6.45, 7) is -0.763. The number of aromatic nitrogens is 3. The van der Waals surface area contributed by atoms with Gasteiger partial charge in [-0.15, -0.1) is 0 Å². The molecule has 1 saturated heterocycles. The second kappa shape index (κ2) is 6.32. The van der Waals surface area contributed by atoms with E-state index in [1.54, 1.807) is 0 Å². The van der Waals surface area contributed by atoms with E-state index < -0.39 is 39.0 Å². The summed E-state index contributed by atoms with van der Waals surface area (Å²) in [5.41, 5.74) is 6.05. The SMILES string of the molecule is N#Cc1cn([C@H]2O[C@H](COP(=O)([O-])[O-])[C@@H](O)[C@H]2O)c2ncnc(N)c12. The fourth-order valence-corrected chi connectivity index (χ4v) is 2.98. The highest BCUT2D eigenvalue weighted by Crippen LogP contribution is 2.36. The molecule has 1 aliphatic heterocycles. The predicted octanol–water partition coefficient (Wildman–Crippen LogP) is -2.65. The van der Waals surface area contributed by atoms with Crippen LogP contribution in [0, 0.1) is 11.3 Å². The lowest BCUT2D eigenvalue weighted by molar-refractivity contribution is -0.343. The first-order valence-electron chi connectivity index (χ1n) is 6.92. The molecule has 0 spiro atoms. The minimum Gasteiger partial charge on any atom is -0.790 e. The Morgan fingerprint density at radius 3 is 2.80 bits per heavy atom. The number of aliphatic hydroxyl groups excluding tert-OH is 2. The number of hydrogen-bond donors (Lipinski definition) is 3. The molecule has 4 atom stereocenters. The van der Waals surface area contributed by atoms with Crippen molar-refractivity contribution in [3.8, 4) is 6.07 Å². The van der Waals surface area contributed by atoms with Crippen molar-refractivity contribution in [2.24, 2.45) is 0 Å². The number of ether oxygens (including phenoxy) is 1. The third kappa shape index (κ3) is 3.22. The van der Waals surface area contributed by atoms with Crippen LogP contribution in [0.25, 0.3) is 11.0 Å². The summed E-state index contributed by atoms with van der Waals surface area (Å²) in [6.07, 6.45) is -3.05. The number of fused-ring (bicyclic) bond motifs is 1. The van der Waals surface area contributed by atoms with Gasteiger partial charge in [0.05, 0.1) is 25.4 Å². The number of hydrogen-bond acceptors (Lipinski definition) is 11. The van der Waals surface area contributed by atoms with E-state index in [9.17, 15) is 29.8 Å². The lowest BCUT2D eigenvalue weighted by Gasteiger charge is -2.30. The van der Waals surface area contributed by atoms with E-state index in [1.807, 2.05) is 6.07 Å². The number of aliphatic hydroxyl groups is 2. The standard InChI is InChI=1S/C12H14N5O7P/c13-1-5-2-17(11-7(5)10(14)15-4-16-11)12-9(19)8(18)6(24-12)3-23-25(20,21)22/h2,4,6,8-9,12,18-19H,3H2,(H2,14,15,16)(H2,20,21,22)/p-2/t6-,8-,9-,12+/m1/s1. The summed E-state index contributed by atoms with van der Waals surface area (Å²) >= 11 is 0. The molecule has 0 saturated carbocycles. The molecule has 2 aromatic heterocycles. The van der Waals surface area contributed by atoms with Crippen LogP contribution in [0.1, 0.15) is 11.8 Å². The van der Waals surface area contributed by atoms with Crippen molar-refractivity contribution in [3.05, 3.63) is 18.1 Å². The normalized spacial score (nSPS) is 26.8. The average molecular weight is 369 g/mol. The molecule has 0 unspecified atom stereocenters. The summed E-state index contributed by atoms with van der Waals surface area (Å²) in [5.74, 6) is 0.0480. The van der Waals surface area contributed by atoms with Gasteiger partial charge in [-0.25, -0.2) is 9.97 Å². The number of anilines is 1. The van der Waals surface area contributed by atoms with Gasteiger partial charge in [-0.1, -0.05) is 0 Å². The van der Waals surface area contributed by atoms with Gasteiger partial charge in [0.2, 0.25) is 0 Å². The summed E-state index contributed by atoms with van der Waals surface area (Å²) in [7, 11) is -5.26. The molecule has 0 radical (unpaired) electrons. The molecule has 4 N–H and O–H groups in total. The Labute approximate surface area is 140 Å². The number of nitriles is 1. The van der Waals surface area contributed by atoms with Gasteiger partial charge < -0.3 is 44.1 Å². The van der Waals surface area contributed by atoms with Gasteiger partial charge in [0.25, 0.3) is 0 Å². The lowest BCUT2D eigenvalue weighted by Crippen LogP contribution is -2.34. The van der Waals surface area contributed by atoms with Crippen LogP contribution in [-0.4, -0.2) is 49.7 Å². The molecule has 13 heteroatoms. The topological polar surface area (TPSA) is 203 Å². The van der Waals surface area contributed by atoms with E-state index in [0.29, 0.717) is 0 Å². The smallest absolute Gasteiger partial charge is 0.164 e. The molecule has 0 bridgehead atoms. The Morgan fingerprint density at radius 1 is 1.44 bits per heavy atom. The van der Waals surface area contributed by atoms with E-state index in [1.165, 1.54) is 10.8 Å². The summed E-state index contributed by atoms with van der Waals surface area (Å²) in [6, 6.07) is 1.91. The number of rotatable bonds is 4. The molecule has 0 aromatic carbocycles. The number of phosphoric acid groups is 1. The summed E-state index contributed by atoms with van der Waals surface area (Å²) < 4.78 is 21.3. The molecule has 134 valence electrons. The predicted molar refractivity (Wildman–Crippen MR) is 76.1 cm³/mol. The maximum Gasteiger partial charge on any atom is 0.164 e. The van der Waals surface area contributed by atoms with Crippen molar-refractivity contribution in [2.45, 2.75) is 24.5 Å². The van der Waals surface area contributed by atoms with Crippen molar-refractivity contribution in [3.63, 3.8) is 0 Å². The number of nitrogens with zero attached hydrogens (tertiary/aromatic N) is 4. The molecule has 3 rings (SSSR count). The fourth-order valence-electron chi connectivity index (χ4n) is 2.65. The molecule has 0 aliphatic carbocycles. The fraction of sp³-hybridized carbons (Fsp3) is 0.417. The van der Waals surface area contributed by atoms with Crippen LogP contribution in [0.15, 0.2) is 12.5 Å². The van der Waals surface area contributed by atoms with E-state index in [-0.39, 0.29) is 22.4 Å². The quantitative estimate of drug-likeness (QED) is 0.475. The second-order valence-electron chi connectivity index (χ2n) is 5.31. The third-order valence-electron chi connectivity index (χ3n) is 3.77. The van der Waals surface area contributed by atoms with E-state index >= 15 is 0 Å². The van der Waals surface area contributed by atoms with Gasteiger partial charge in [0, 0.05) is 6.20 Å². The van der Waals surface area contributed by atoms with Crippen LogP contribution in [0.5, 0.6) is 0 Å². The average Bonchev–Trinajstić information content (AvgIpc) is 3.05. The highest BCUT2D eigenvalue weighted by atomic mass is 31.2. The van der Waals surface area contributed by atoms with Crippen molar-refractivity contribution in [2.75, 3.05) is 12.3 Å². The highest BCUT2D eigenvalue weighted by molar-refractivity contribution is 7.43. The van der Waals surface area contributed by atoms with Crippen LogP contribution >= 0.6 is 7.82 Å². The molecular formula is C12H12N5O7P-2. The largest absolute Gasteiger partial charge is 0.790 e. The molecule has 3 heterocycles. The van der Waals surface area contributed by atoms with Gasteiger partial charge in [-0.2, -0.15) is 5.26 Å². The number of nitrogen functional groups attached to an aromatic ring is 1. The molecular weight excluding hydrogens is 357 g/mol. The Bertz CT molecular complexity index is 890. The van der Waals surface area contributed by atoms with Gasteiger partial charge >= 0.3 is 0 Å². The minimum atomic E-state index is -5.26. The zero-order chi connectivity index (χ0) is 18.4. The third-order valence-corrected chi connectivity index (χ3v) is 4.23. The minimum absolute atomic E-state index is 0.0480. The summed E-state index contributed by atoms with van der Waals surface area (Å²) in [4.78, 5) is 28.9. The van der Waals surface area contributed by atoms with Gasteiger partial charge in [-0.05, 0) is 0 Å². The summed E-state index contributed by atoms with van der Waals surface area (Å²) in [5, 5.41) is 29.6. The van der Waals surface area contributed by atoms with Crippen molar-refractivity contribution >= 4 is 24.7 Å². The zero-order valence-electron chi connectivity index (χ0n) is 12.4. The van der Waals surface area contributed by atoms with E-state index in [4.69, 9.17) is 10.5 Å². The van der Waals surface area contributed by atoms with E-state index in [2.05, 4.69) is 14.5 Å². The zero-order valence-corrected chi connectivity index (χ0v) is 13.3. The number of phosphoric ester groups is 1. The van der Waals surface area contributed by atoms with Crippen LogP contribution in [0.4, 0.5) is 5.82 Å².